The molecule has 156 valence electrons. The first-order chi connectivity index (χ1) is 12.4. The molecule has 2 amide bonds. The Labute approximate surface area is 170 Å². The number of piperidine rings is 1. The number of nitrogens with zero attached hydrogens (tertiary/aromatic N) is 1. The number of hydrogen-bond acceptors (Lipinski definition) is 5. The van der Waals surface area contributed by atoms with Crippen LogP contribution in [0.3, 0.4) is 0 Å². The van der Waals surface area contributed by atoms with Gasteiger partial charge in [-0.25, -0.2) is 8.78 Å². The number of aliphatic hydroxyl groups excluding tert-OH is 1. The van der Waals surface area contributed by atoms with Crippen LogP contribution in [0.1, 0.15) is 26.2 Å². The van der Waals surface area contributed by atoms with Crippen LogP contribution in [-0.4, -0.2) is 69.9 Å². The number of likely N-dealkylation sites (tertiary alicyclic amines) is 1. The van der Waals surface area contributed by atoms with Gasteiger partial charge in [0.05, 0.1) is 5.92 Å². The summed E-state index contributed by atoms with van der Waals surface area (Å²) in [4.78, 5) is 37.5. The van der Waals surface area contributed by atoms with Crippen molar-refractivity contribution in [2.45, 2.75) is 48.5 Å². The Kier molecular flexibility index (Phi) is 9.47. The Morgan fingerprint density at radius 3 is 2.52 bits per heavy atom. The third-order valence-electron chi connectivity index (χ3n) is 3.88. The van der Waals surface area contributed by atoms with Crippen molar-refractivity contribution < 1.29 is 33.0 Å². The van der Waals surface area contributed by atoms with Crippen molar-refractivity contribution in [3.63, 3.8) is 0 Å². The zero-order valence-electron chi connectivity index (χ0n) is 14.5. The molecule has 0 bridgehead atoms. The number of nitrogens with one attached hydrogen (secondary N) is 1. The van der Waals surface area contributed by atoms with Gasteiger partial charge in [0, 0.05) is 19.5 Å². The molecule has 3 atom stereocenters. The summed E-state index contributed by atoms with van der Waals surface area (Å²) in [5, 5.41) is 11.5. The number of rotatable bonds is 7. The summed E-state index contributed by atoms with van der Waals surface area (Å²) >= 11 is 16.6. The molecule has 1 aliphatic rings. The van der Waals surface area contributed by atoms with Crippen molar-refractivity contribution in [1.82, 2.24) is 10.2 Å². The van der Waals surface area contributed by atoms with Gasteiger partial charge in [-0.15, -0.1) is 0 Å². The lowest BCUT2D eigenvalue weighted by molar-refractivity contribution is -0.152. The quantitative estimate of drug-likeness (QED) is 0.451. The van der Waals surface area contributed by atoms with Gasteiger partial charge >= 0.3 is 5.97 Å². The number of carbonyl (C=O) groups is 3. The van der Waals surface area contributed by atoms with Gasteiger partial charge in [0.25, 0.3) is 0 Å². The molecule has 0 aromatic rings. The minimum Gasteiger partial charge on any atom is -0.461 e. The predicted molar refractivity (Wildman–Crippen MR) is 94.8 cm³/mol. The van der Waals surface area contributed by atoms with Crippen LogP contribution < -0.4 is 5.32 Å². The van der Waals surface area contributed by atoms with Gasteiger partial charge in [0.15, 0.2) is 0 Å². The van der Waals surface area contributed by atoms with E-state index in [1.54, 1.807) is 0 Å². The molecule has 12 heteroatoms. The van der Waals surface area contributed by atoms with Crippen molar-refractivity contribution in [3.05, 3.63) is 0 Å². The van der Waals surface area contributed by atoms with Crippen molar-refractivity contribution in [1.29, 1.82) is 0 Å². The van der Waals surface area contributed by atoms with E-state index in [1.165, 1.54) is 11.8 Å². The normalized spacial score (nSPS) is 20.1. The van der Waals surface area contributed by atoms with E-state index in [0.29, 0.717) is 19.4 Å². The highest BCUT2D eigenvalue weighted by Gasteiger charge is 2.33. The Balaban J connectivity index is 2.56. The van der Waals surface area contributed by atoms with E-state index in [4.69, 9.17) is 39.5 Å². The lowest BCUT2D eigenvalue weighted by Gasteiger charge is -2.33. The van der Waals surface area contributed by atoms with E-state index in [1.807, 2.05) is 0 Å². The van der Waals surface area contributed by atoms with Crippen LogP contribution in [0.2, 0.25) is 0 Å². The summed E-state index contributed by atoms with van der Waals surface area (Å²) in [6, 6.07) is -1.05. The number of carbonyl (C=O) groups excluding carboxylic acids is 3. The van der Waals surface area contributed by atoms with Gasteiger partial charge in [-0.1, -0.05) is 34.8 Å². The Morgan fingerprint density at radius 2 is 1.96 bits per heavy atom. The van der Waals surface area contributed by atoms with E-state index in [9.17, 15) is 28.3 Å². The van der Waals surface area contributed by atoms with Crippen LogP contribution in [0.15, 0.2) is 0 Å². The number of aliphatic hydroxyl groups is 1. The summed E-state index contributed by atoms with van der Waals surface area (Å²) in [6.45, 7) is 1.35. The monoisotopic (exact) mass is 452 g/mol. The molecule has 0 radical (unpaired) electrons. The highest BCUT2D eigenvalue weighted by Crippen LogP contribution is 2.27. The maximum Gasteiger partial charge on any atom is 0.310 e. The smallest absolute Gasteiger partial charge is 0.310 e. The molecule has 0 unspecified atom stereocenters. The average Bonchev–Trinajstić information content (AvgIpc) is 2.57. The largest absolute Gasteiger partial charge is 0.461 e. The Bertz CT molecular complexity index is 548. The molecule has 0 aromatic heterocycles. The van der Waals surface area contributed by atoms with Crippen molar-refractivity contribution in [2.75, 3.05) is 19.7 Å². The van der Waals surface area contributed by atoms with E-state index in [-0.39, 0.29) is 6.54 Å². The SMILES string of the molecule is C[C@H](NC(=O)[C@@H](O)CC(F)F)C(=O)N1CCC[C@@H](C(=O)OCC(Cl)(Cl)Cl)C1. The highest BCUT2D eigenvalue weighted by atomic mass is 35.6. The second kappa shape index (κ2) is 10.6. The molecule has 0 aromatic carbocycles. The molecule has 1 heterocycles. The molecule has 0 saturated carbocycles. The van der Waals surface area contributed by atoms with Crippen LogP contribution in [0.4, 0.5) is 8.78 Å². The maximum absolute atomic E-state index is 12.4. The standard InChI is InChI=1S/C15H21Cl3F2N2O5/c1-8(21-12(24)10(23)5-11(19)20)13(25)22-4-2-3-9(6-22)14(26)27-7-15(16,17)18/h8-11,23H,2-7H2,1H3,(H,21,24)/t8-,9+,10-/m0/s1. The van der Waals surface area contributed by atoms with Crippen molar-refractivity contribution in [2.24, 2.45) is 5.92 Å². The van der Waals surface area contributed by atoms with Crippen molar-refractivity contribution in [3.8, 4) is 0 Å². The number of hydrogen-bond donors (Lipinski definition) is 2. The zero-order chi connectivity index (χ0) is 20.8. The first-order valence-electron chi connectivity index (χ1n) is 8.19. The molecule has 0 spiro atoms. The van der Waals surface area contributed by atoms with Gasteiger partial charge in [0.2, 0.25) is 22.0 Å². The number of halogens is 5. The Hall–Kier alpha value is -0.900. The summed E-state index contributed by atoms with van der Waals surface area (Å²) in [6.07, 6.45) is -4.78. The van der Waals surface area contributed by atoms with Gasteiger partial charge in [0.1, 0.15) is 18.8 Å². The third kappa shape index (κ3) is 8.76. The number of esters is 1. The molecule has 1 rings (SSSR count). The van der Waals surface area contributed by atoms with Crippen LogP contribution >= 0.6 is 34.8 Å². The summed E-state index contributed by atoms with van der Waals surface area (Å²) in [5.41, 5.74) is 0. The van der Waals surface area contributed by atoms with Crippen molar-refractivity contribution >= 4 is 52.6 Å². The van der Waals surface area contributed by atoms with Crippen LogP contribution in [0.5, 0.6) is 0 Å². The van der Waals surface area contributed by atoms with Gasteiger partial charge in [-0.2, -0.15) is 0 Å². The van der Waals surface area contributed by atoms with E-state index in [0.717, 1.165) is 0 Å². The summed E-state index contributed by atoms with van der Waals surface area (Å²) < 4.78 is 27.6. The molecule has 7 nitrogen and oxygen atoms in total. The topological polar surface area (TPSA) is 95.9 Å². The fraction of sp³-hybridized carbons (Fsp3) is 0.800. The van der Waals surface area contributed by atoms with Gasteiger partial charge in [-0.3, -0.25) is 14.4 Å². The Morgan fingerprint density at radius 1 is 1.33 bits per heavy atom. The van der Waals surface area contributed by atoms with E-state index >= 15 is 0 Å². The number of amides is 2. The third-order valence-corrected chi connectivity index (χ3v) is 4.21. The highest BCUT2D eigenvalue weighted by molar-refractivity contribution is 6.67. The van der Waals surface area contributed by atoms with Gasteiger partial charge < -0.3 is 20.1 Å². The fourth-order valence-electron chi connectivity index (χ4n) is 2.56. The molecular formula is C15H21Cl3F2N2O5. The minimum absolute atomic E-state index is 0.0529. The maximum atomic E-state index is 12.4. The molecule has 2 N–H and O–H groups in total. The average molecular weight is 454 g/mol. The molecular weight excluding hydrogens is 433 g/mol. The summed E-state index contributed by atoms with van der Waals surface area (Å²) in [7, 11) is 0. The van der Waals surface area contributed by atoms with E-state index < -0.39 is 59.1 Å². The lowest BCUT2D eigenvalue weighted by atomic mass is 9.97. The minimum atomic E-state index is -2.85. The second-order valence-corrected chi connectivity index (χ2v) is 8.74. The molecule has 1 aliphatic heterocycles. The van der Waals surface area contributed by atoms with Crippen LogP contribution in [0.25, 0.3) is 0 Å². The molecule has 1 saturated heterocycles. The lowest BCUT2D eigenvalue weighted by Crippen LogP contribution is -2.52. The summed E-state index contributed by atoms with van der Waals surface area (Å²) in [5.74, 6) is -2.79. The predicted octanol–water partition coefficient (Wildman–Crippen LogP) is 1.66. The second-order valence-electron chi connectivity index (χ2n) is 6.22. The van der Waals surface area contributed by atoms with Crippen LogP contribution in [-0.2, 0) is 19.1 Å². The zero-order valence-corrected chi connectivity index (χ0v) is 16.7. The van der Waals surface area contributed by atoms with E-state index in [2.05, 4.69) is 5.32 Å². The number of ether oxygens (including phenoxy) is 1. The van der Waals surface area contributed by atoms with Gasteiger partial charge in [-0.05, 0) is 19.8 Å². The first kappa shape index (κ1) is 24.1. The number of alkyl halides is 5. The first-order valence-corrected chi connectivity index (χ1v) is 9.33. The van der Waals surface area contributed by atoms with Crippen LogP contribution in [0, 0.1) is 5.92 Å². The molecule has 27 heavy (non-hydrogen) atoms. The molecule has 0 aliphatic carbocycles. The molecule has 1 fully saturated rings. The fourth-order valence-corrected chi connectivity index (χ4v) is 2.73.